The SMILES string of the molecule is C#CCNC(=O)COc1ccc(S(N)(=O)=O)cc1. The van der Waals surface area contributed by atoms with E-state index in [9.17, 15) is 13.2 Å². The Bertz CT molecular complexity index is 558. The molecule has 18 heavy (non-hydrogen) atoms. The minimum Gasteiger partial charge on any atom is -0.484 e. The van der Waals surface area contributed by atoms with Gasteiger partial charge in [0, 0.05) is 0 Å². The van der Waals surface area contributed by atoms with Gasteiger partial charge in [-0.25, -0.2) is 13.6 Å². The number of benzene rings is 1. The molecule has 0 fully saturated rings. The molecule has 0 unspecified atom stereocenters. The van der Waals surface area contributed by atoms with Crippen molar-refractivity contribution in [3.05, 3.63) is 24.3 Å². The Balaban J connectivity index is 2.55. The van der Waals surface area contributed by atoms with E-state index in [0.717, 1.165) is 0 Å². The van der Waals surface area contributed by atoms with Crippen LogP contribution in [0.15, 0.2) is 29.2 Å². The second-order valence-corrected chi connectivity index (χ2v) is 4.85. The standard InChI is InChI=1S/C11H12N2O4S/c1-2-7-13-11(14)8-17-9-3-5-10(6-4-9)18(12,15)16/h1,3-6H,7-8H2,(H,13,14)(H2,12,15,16). The lowest BCUT2D eigenvalue weighted by Crippen LogP contribution is -2.29. The highest BCUT2D eigenvalue weighted by molar-refractivity contribution is 7.89. The third kappa shape index (κ3) is 4.45. The highest BCUT2D eigenvalue weighted by atomic mass is 32.2. The molecule has 0 heterocycles. The lowest BCUT2D eigenvalue weighted by atomic mass is 10.3. The summed E-state index contributed by atoms with van der Waals surface area (Å²) in [6.07, 6.45) is 4.97. The van der Waals surface area contributed by atoms with Gasteiger partial charge in [-0.05, 0) is 24.3 Å². The third-order valence-electron chi connectivity index (χ3n) is 1.91. The number of sulfonamides is 1. The molecule has 1 rings (SSSR count). The molecule has 0 aromatic heterocycles. The molecule has 1 aromatic rings. The Morgan fingerprint density at radius 3 is 2.50 bits per heavy atom. The molecule has 6 nitrogen and oxygen atoms in total. The fraction of sp³-hybridized carbons (Fsp3) is 0.182. The summed E-state index contributed by atoms with van der Waals surface area (Å²) in [7, 11) is -3.72. The quantitative estimate of drug-likeness (QED) is 0.701. The van der Waals surface area contributed by atoms with E-state index in [1.54, 1.807) is 0 Å². The van der Waals surface area contributed by atoms with Crippen LogP contribution < -0.4 is 15.2 Å². The van der Waals surface area contributed by atoms with E-state index in [0.29, 0.717) is 5.75 Å². The normalized spacial score (nSPS) is 10.4. The number of carbonyl (C=O) groups is 1. The Kier molecular flexibility index (Phi) is 4.71. The summed E-state index contributed by atoms with van der Waals surface area (Å²) in [4.78, 5) is 11.1. The molecular formula is C11H12N2O4S. The van der Waals surface area contributed by atoms with Crippen molar-refractivity contribution in [3.8, 4) is 18.1 Å². The van der Waals surface area contributed by atoms with Crippen molar-refractivity contribution in [2.75, 3.05) is 13.2 Å². The number of nitrogens with one attached hydrogen (secondary N) is 1. The van der Waals surface area contributed by atoms with E-state index >= 15 is 0 Å². The van der Waals surface area contributed by atoms with Crippen LogP contribution in [0.4, 0.5) is 0 Å². The molecule has 1 amide bonds. The van der Waals surface area contributed by atoms with Gasteiger partial charge >= 0.3 is 0 Å². The zero-order chi connectivity index (χ0) is 13.6. The van der Waals surface area contributed by atoms with E-state index < -0.39 is 10.0 Å². The minimum atomic E-state index is -3.72. The lowest BCUT2D eigenvalue weighted by Gasteiger charge is -2.06. The first-order valence-electron chi connectivity index (χ1n) is 4.89. The molecule has 0 atom stereocenters. The summed E-state index contributed by atoms with van der Waals surface area (Å²) in [6, 6.07) is 5.41. The highest BCUT2D eigenvalue weighted by Gasteiger charge is 2.07. The monoisotopic (exact) mass is 268 g/mol. The van der Waals surface area contributed by atoms with Crippen molar-refractivity contribution >= 4 is 15.9 Å². The van der Waals surface area contributed by atoms with Gasteiger partial charge in [-0.1, -0.05) is 5.92 Å². The zero-order valence-electron chi connectivity index (χ0n) is 9.42. The van der Waals surface area contributed by atoms with Gasteiger partial charge < -0.3 is 10.1 Å². The lowest BCUT2D eigenvalue weighted by molar-refractivity contribution is -0.122. The van der Waals surface area contributed by atoms with E-state index in [2.05, 4.69) is 11.2 Å². The molecule has 0 spiro atoms. The van der Waals surface area contributed by atoms with E-state index in [1.165, 1.54) is 24.3 Å². The number of terminal acetylenes is 1. The second kappa shape index (κ2) is 6.05. The summed E-state index contributed by atoms with van der Waals surface area (Å²) in [5.41, 5.74) is 0. The van der Waals surface area contributed by atoms with Crippen molar-refractivity contribution in [1.82, 2.24) is 5.32 Å². The maximum Gasteiger partial charge on any atom is 0.258 e. The van der Waals surface area contributed by atoms with Crippen molar-refractivity contribution < 1.29 is 17.9 Å². The molecule has 0 aliphatic heterocycles. The van der Waals surface area contributed by atoms with E-state index in [-0.39, 0.29) is 24.0 Å². The molecule has 0 saturated carbocycles. The number of hydrogen-bond donors (Lipinski definition) is 2. The number of nitrogens with two attached hydrogens (primary N) is 1. The number of hydrogen-bond acceptors (Lipinski definition) is 4. The predicted molar refractivity (Wildman–Crippen MR) is 65.2 cm³/mol. The summed E-state index contributed by atoms with van der Waals surface area (Å²) < 4.78 is 27.1. The summed E-state index contributed by atoms with van der Waals surface area (Å²) in [5, 5.41) is 7.35. The van der Waals surface area contributed by atoms with E-state index in [4.69, 9.17) is 16.3 Å². The molecule has 0 radical (unpaired) electrons. The van der Waals surface area contributed by atoms with Crippen molar-refractivity contribution in [2.45, 2.75) is 4.90 Å². The van der Waals surface area contributed by atoms with Crippen molar-refractivity contribution in [3.63, 3.8) is 0 Å². The van der Waals surface area contributed by atoms with Gasteiger partial charge in [0.25, 0.3) is 5.91 Å². The van der Waals surface area contributed by atoms with Crippen LogP contribution in [-0.2, 0) is 14.8 Å². The average molecular weight is 268 g/mol. The van der Waals surface area contributed by atoms with Gasteiger partial charge in [0.2, 0.25) is 10.0 Å². The third-order valence-corrected chi connectivity index (χ3v) is 2.84. The zero-order valence-corrected chi connectivity index (χ0v) is 10.2. The van der Waals surface area contributed by atoms with Gasteiger partial charge in [0.15, 0.2) is 6.61 Å². The van der Waals surface area contributed by atoms with Crippen LogP contribution in [-0.4, -0.2) is 27.5 Å². The highest BCUT2D eigenvalue weighted by Crippen LogP contribution is 2.14. The van der Waals surface area contributed by atoms with Gasteiger partial charge in [0.05, 0.1) is 11.4 Å². The molecule has 7 heteroatoms. The maximum atomic E-state index is 11.2. The number of primary sulfonamides is 1. The fourth-order valence-electron chi connectivity index (χ4n) is 1.08. The molecule has 1 aromatic carbocycles. The Morgan fingerprint density at radius 1 is 1.39 bits per heavy atom. The second-order valence-electron chi connectivity index (χ2n) is 3.29. The number of rotatable bonds is 5. The van der Waals surface area contributed by atoms with Crippen LogP contribution in [0.3, 0.4) is 0 Å². The first-order chi connectivity index (χ1) is 8.43. The molecular weight excluding hydrogens is 256 g/mol. The number of ether oxygens (including phenoxy) is 1. The first kappa shape index (κ1) is 14.0. The van der Waals surface area contributed by atoms with Crippen LogP contribution in [0.1, 0.15) is 0 Å². The first-order valence-corrected chi connectivity index (χ1v) is 6.44. The van der Waals surface area contributed by atoms with Crippen LogP contribution in [0, 0.1) is 12.3 Å². The molecule has 3 N–H and O–H groups in total. The molecule has 0 saturated heterocycles. The summed E-state index contributed by atoms with van der Waals surface area (Å²) in [6.45, 7) is -0.0665. The Labute approximate surface area is 105 Å². The van der Waals surface area contributed by atoms with Crippen LogP contribution in [0.2, 0.25) is 0 Å². The summed E-state index contributed by atoms with van der Waals surface area (Å²) >= 11 is 0. The maximum absolute atomic E-state index is 11.2. The van der Waals surface area contributed by atoms with Crippen molar-refractivity contribution in [1.29, 1.82) is 0 Å². The molecule has 0 bridgehead atoms. The Hall–Kier alpha value is -2.04. The smallest absolute Gasteiger partial charge is 0.258 e. The Morgan fingerprint density at radius 2 is 2.00 bits per heavy atom. The number of carbonyl (C=O) groups excluding carboxylic acids is 1. The van der Waals surface area contributed by atoms with Gasteiger partial charge in [0.1, 0.15) is 5.75 Å². The molecule has 96 valence electrons. The summed E-state index contributed by atoms with van der Waals surface area (Å²) in [5.74, 6) is 2.25. The van der Waals surface area contributed by atoms with E-state index in [1.807, 2.05) is 0 Å². The number of amides is 1. The largest absolute Gasteiger partial charge is 0.484 e. The minimum absolute atomic E-state index is 0.0216. The molecule has 0 aliphatic rings. The fourth-order valence-corrected chi connectivity index (χ4v) is 1.59. The van der Waals surface area contributed by atoms with Crippen LogP contribution in [0.5, 0.6) is 5.75 Å². The topological polar surface area (TPSA) is 98.5 Å². The molecule has 0 aliphatic carbocycles. The van der Waals surface area contributed by atoms with Gasteiger partial charge in [-0.2, -0.15) is 0 Å². The van der Waals surface area contributed by atoms with Gasteiger partial charge in [-0.15, -0.1) is 6.42 Å². The average Bonchev–Trinajstić information content (AvgIpc) is 2.33. The van der Waals surface area contributed by atoms with Gasteiger partial charge in [-0.3, -0.25) is 4.79 Å². The van der Waals surface area contributed by atoms with Crippen molar-refractivity contribution in [2.24, 2.45) is 5.14 Å². The van der Waals surface area contributed by atoms with Crippen LogP contribution in [0.25, 0.3) is 0 Å². The van der Waals surface area contributed by atoms with Crippen LogP contribution >= 0.6 is 0 Å². The predicted octanol–water partition coefficient (Wildman–Crippen LogP) is -0.538.